The fraction of sp³-hybridized carbons (Fsp3) is 0.571. The summed E-state index contributed by atoms with van der Waals surface area (Å²) in [4.78, 5) is 0.150. The second kappa shape index (κ2) is 4.29. The van der Waals surface area contributed by atoms with Gasteiger partial charge in [-0.15, -0.1) is 11.6 Å². The number of nitrogens with one attached hydrogen (secondary N) is 1. The first-order valence-electron chi connectivity index (χ1n) is 4.04. The molecule has 0 spiro atoms. The summed E-state index contributed by atoms with van der Waals surface area (Å²) in [6, 6.07) is 0. The van der Waals surface area contributed by atoms with E-state index < -0.39 is 10.0 Å². The van der Waals surface area contributed by atoms with E-state index in [-0.39, 0.29) is 16.8 Å². The SMILES string of the molecule is CC(Cl)CNS(=O)(=O)c1cnn(C)c1. The van der Waals surface area contributed by atoms with Crippen molar-refractivity contribution in [3.05, 3.63) is 12.4 Å². The zero-order chi connectivity index (χ0) is 10.8. The van der Waals surface area contributed by atoms with Gasteiger partial charge < -0.3 is 0 Å². The molecule has 1 unspecified atom stereocenters. The Bertz CT molecular complexity index is 399. The largest absolute Gasteiger partial charge is 0.274 e. The zero-order valence-corrected chi connectivity index (χ0v) is 9.51. The van der Waals surface area contributed by atoms with E-state index in [4.69, 9.17) is 11.6 Å². The van der Waals surface area contributed by atoms with Crippen LogP contribution in [0.1, 0.15) is 6.92 Å². The molecular weight excluding hydrogens is 226 g/mol. The van der Waals surface area contributed by atoms with E-state index in [1.807, 2.05) is 0 Å². The fourth-order valence-corrected chi connectivity index (χ4v) is 2.13. The van der Waals surface area contributed by atoms with Crippen LogP contribution in [0.15, 0.2) is 17.3 Å². The Balaban J connectivity index is 2.76. The summed E-state index contributed by atoms with van der Waals surface area (Å²) >= 11 is 5.63. The summed E-state index contributed by atoms with van der Waals surface area (Å²) in [6.07, 6.45) is 2.72. The third-order valence-corrected chi connectivity index (χ3v) is 3.08. The quantitative estimate of drug-likeness (QED) is 0.768. The van der Waals surface area contributed by atoms with Crippen molar-refractivity contribution in [2.24, 2.45) is 7.05 Å². The van der Waals surface area contributed by atoms with Crippen LogP contribution in [0.4, 0.5) is 0 Å². The van der Waals surface area contributed by atoms with Crippen molar-refractivity contribution < 1.29 is 8.42 Å². The van der Waals surface area contributed by atoms with Gasteiger partial charge in [-0.05, 0) is 6.92 Å². The molecule has 1 heterocycles. The molecule has 0 fully saturated rings. The van der Waals surface area contributed by atoms with Crippen LogP contribution in [0, 0.1) is 0 Å². The fourth-order valence-electron chi connectivity index (χ4n) is 0.845. The molecule has 14 heavy (non-hydrogen) atoms. The van der Waals surface area contributed by atoms with Gasteiger partial charge in [0.05, 0.1) is 6.20 Å². The monoisotopic (exact) mass is 237 g/mol. The van der Waals surface area contributed by atoms with Gasteiger partial charge in [0.2, 0.25) is 10.0 Å². The lowest BCUT2D eigenvalue weighted by Gasteiger charge is -2.04. The normalized spacial score (nSPS) is 14.2. The molecule has 1 aromatic rings. The highest BCUT2D eigenvalue weighted by Gasteiger charge is 2.15. The summed E-state index contributed by atoms with van der Waals surface area (Å²) in [5.74, 6) is 0. The highest BCUT2D eigenvalue weighted by atomic mass is 35.5. The van der Waals surface area contributed by atoms with Crippen LogP contribution in [0.5, 0.6) is 0 Å². The summed E-state index contributed by atoms with van der Waals surface area (Å²) in [6.45, 7) is 1.92. The third-order valence-electron chi connectivity index (χ3n) is 1.55. The minimum atomic E-state index is -3.45. The minimum absolute atomic E-state index is 0.150. The smallest absolute Gasteiger partial charge is 0.243 e. The Morgan fingerprint density at radius 2 is 2.36 bits per heavy atom. The van der Waals surface area contributed by atoms with Gasteiger partial charge in [0.25, 0.3) is 0 Å². The Morgan fingerprint density at radius 1 is 1.71 bits per heavy atom. The maximum Gasteiger partial charge on any atom is 0.243 e. The molecule has 0 aliphatic heterocycles. The minimum Gasteiger partial charge on any atom is -0.274 e. The van der Waals surface area contributed by atoms with Crippen LogP contribution in [-0.2, 0) is 17.1 Å². The number of hydrogen-bond donors (Lipinski definition) is 1. The molecule has 1 N–H and O–H groups in total. The summed E-state index contributed by atoms with van der Waals surface area (Å²) < 4.78 is 26.9. The number of aryl methyl sites for hydroxylation is 1. The van der Waals surface area contributed by atoms with Gasteiger partial charge in [-0.1, -0.05) is 0 Å². The van der Waals surface area contributed by atoms with E-state index in [2.05, 4.69) is 9.82 Å². The molecule has 0 saturated carbocycles. The van der Waals surface area contributed by atoms with Crippen LogP contribution >= 0.6 is 11.6 Å². The number of rotatable bonds is 4. The van der Waals surface area contributed by atoms with Gasteiger partial charge >= 0.3 is 0 Å². The molecule has 0 aliphatic carbocycles. The van der Waals surface area contributed by atoms with Crippen LogP contribution < -0.4 is 4.72 Å². The molecule has 80 valence electrons. The molecule has 0 amide bonds. The van der Waals surface area contributed by atoms with Crippen LogP contribution in [0.2, 0.25) is 0 Å². The van der Waals surface area contributed by atoms with E-state index >= 15 is 0 Å². The van der Waals surface area contributed by atoms with Gasteiger partial charge in [-0.25, -0.2) is 13.1 Å². The van der Waals surface area contributed by atoms with Crippen molar-refractivity contribution in [1.82, 2.24) is 14.5 Å². The van der Waals surface area contributed by atoms with Gasteiger partial charge in [0.15, 0.2) is 0 Å². The zero-order valence-electron chi connectivity index (χ0n) is 7.94. The second-order valence-electron chi connectivity index (χ2n) is 2.98. The van der Waals surface area contributed by atoms with Gasteiger partial charge in [-0.3, -0.25) is 4.68 Å². The van der Waals surface area contributed by atoms with E-state index in [1.54, 1.807) is 14.0 Å². The number of sulfonamides is 1. The van der Waals surface area contributed by atoms with E-state index in [9.17, 15) is 8.42 Å². The summed E-state index contributed by atoms with van der Waals surface area (Å²) in [7, 11) is -1.80. The topological polar surface area (TPSA) is 64.0 Å². The molecule has 7 heteroatoms. The lowest BCUT2D eigenvalue weighted by Crippen LogP contribution is -2.28. The average molecular weight is 238 g/mol. The first-order valence-corrected chi connectivity index (χ1v) is 5.96. The molecule has 1 aromatic heterocycles. The third kappa shape index (κ3) is 2.97. The van der Waals surface area contributed by atoms with Crippen molar-refractivity contribution in [1.29, 1.82) is 0 Å². The molecule has 0 aliphatic rings. The maximum absolute atomic E-state index is 11.5. The number of alkyl halides is 1. The highest BCUT2D eigenvalue weighted by Crippen LogP contribution is 2.06. The van der Waals surface area contributed by atoms with Crippen molar-refractivity contribution in [3.8, 4) is 0 Å². The second-order valence-corrected chi connectivity index (χ2v) is 5.49. The Kier molecular flexibility index (Phi) is 3.52. The molecule has 0 radical (unpaired) electrons. The van der Waals surface area contributed by atoms with E-state index in [0.717, 1.165) is 0 Å². The molecule has 0 bridgehead atoms. The van der Waals surface area contributed by atoms with Crippen LogP contribution in [0.25, 0.3) is 0 Å². The summed E-state index contributed by atoms with van der Waals surface area (Å²) in [5, 5.41) is 3.54. The van der Waals surface area contributed by atoms with E-state index in [1.165, 1.54) is 17.1 Å². The predicted molar refractivity (Wildman–Crippen MR) is 53.7 cm³/mol. The summed E-state index contributed by atoms with van der Waals surface area (Å²) in [5.41, 5.74) is 0. The van der Waals surface area contributed by atoms with Gasteiger partial charge in [0, 0.05) is 25.2 Å². The predicted octanol–water partition coefficient (Wildman–Crippen LogP) is 0.326. The molecule has 1 atom stereocenters. The number of hydrogen-bond acceptors (Lipinski definition) is 3. The number of halogens is 1. The lowest BCUT2D eigenvalue weighted by molar-refractivity contribution is 0.581. The Labute approximate surface area is 88.1 Å². The first kappa shape index (κ1) is 11.5. The van der Waals surface area contributed by atoms with Crippen molar-refractivity contribution in [2.45, 2.75) is 17.2 Å². The maximum atomic E-state index is 11.5. The van der Waals surface area contributed by atoms with Crippen molar-refractivity contribution in [3.63, 3.8) is 0 Å². The Morgan fingerprint density at radius 3 is 2.79 bits per heavy atom. The van der Waals surface area contributed by atoms with E-state index in [0.29, 0.717) is 0 Å². The van der Waals surface area contributed by atoms with Crippen LogP contribution in [0.3, 0.4) is 0 Å². The van der Waals surface area contributed by atoms with Crippen LogP contribution in [-0.4, -0.2) is 30.1 Å². The average Bonchev–Trinajstić information content (AvgIpc) is 2.49. The number of nitrogens with zero attached hydrogens (tertiary/aromatic N) is 2. The standard InChI is InChI=1S/C7H12ClN3O2S/c1-6(8)3-10-14(12,13)7-4-9-11(2)5-7/h4-6,10H,3H2,1-2H3. The lowest BCUT2D eigenvalue weighted by atomic mass is 10.5. The molecular formula is C7H12ClN3O2S. The number of aromatic nitrogens is 2. The van der Waals surface area contributed by atoms with Gasteiger partial charge in [-0.2, -0.15) is 5.10 Å². The van der Waals surface area contributed by atoms with Crippen molar-refractivity contribution in [2.75, 3.05) is 6.54 Å². The van der Waals surface area contributed by atoms with Gasteiger partial charge in [0.1, 0.15) is 4.90 Å². The molecule has 5 nitrogen and oxygen atoms in total. The van der Waals surface area contributed by atoms with Crippen molar-refractivity contribution >= 4 is 21.6 Å². The Hall–Kier alpha value is -0.590. The highest BCUT2D eigenvalue weighted by molar-refractivity contribution is 7.89. The molecule has 0 aromatic carbocycles. The molecule has 0 saturated heterocycles. The molecule has 1 rings (SSSR count). The first-order chi connectivity index (χ1) is 6.42.